The first-order valence-corrected chi connectivity index (χ1v) is 7.54. The monoisotopic (exact) mass is 289 g/mol. The molecule has 0 unspecified atom stereocenters. The van der Waals surface area contributed by atoms with Gasteiger partial charge in [-0.2, -0.15) is 0 Å². The van der Waals surface area contributed by atoms with Crippen molar-refractivity contribution in [2.75, 3.05) is 6.61 Å². The van der Waals surface area contributed by atoms with E-state index in [1.165, 1.54) is 0 Å². The lowest BCUT2D eigenvalue weighted by Gasteiger charge is -2.31. The number of benzene rings is 1. The zero-order valence-electron chi connectivity index (χ0n) is 11.6. The number of hydrogen-bond acceptors (Lipinski definition) is 5. The molecule has 21 heavy (non-hydrogen) atoms. The molecule has 112 valence electrons. The first kappa shape index (κ1) is 13.2. The summed E-state index contributed by atoms with van der Waals surface area (Å²) >= 11 is 0. The Kier molecular flexibility index (Phi) is 3.21. The number of rotatable bonds is 4. The quantitative estimate of drug-likeness (QED) is 0.626. The Labute approximate surface area is 123 Å². The molecule has 0 aliphatic carbocycles. The minimum Gasteiger partial charge on any atom is -0.462 e. The zero-order chi connectivity index (χ0) is 14.4. The molecule has 5 nitrogen and oxygen atoms in total. The average molecular weight is 289 g/mol. The Bertz CT molecular complexity index is 518. The van der Waals surface area contributed by atoms with E-state index in [1.807, 2.05) is 30.3 Å². The first-order valence-electron chi connectivity index (χ1n) is 7.54. The molecule has 3 saturated heterocycles. The molecule has 0 saturated carbocycles. The molecular weight excluding hydrogens is 270 g/mol. The van der Waals surface area contributed by atoms with Gasteiger partial charge < -0.3 is 19.9 Å². The lowest BCUT2D eigenvalue weighted by atomic mass is 9.98. The predicted octanol–water partition coefficient (Wildman–Crippen LogP) is 0.576. The molecule has 1 aromatic rings. The molecule has 5 atom stereocenters. The van der Waals surface area contributed by atoms with E-state index in [0.29, 0.717) is 24.3 Å². The van der Waals surface area contributed by atoms with E-state index in [-0.39, 0.29) is 18.7 Å². The van der Waals surface area contributed by atoms with Crippen LogP contribution in [0.4, 0.5) is 0 Å². The van der Waals surface area contributed by atoms with Crippen LogP contribution in [-0.2, 0) is 14.3 Å². The van der Waals surface area contributed by atoms with Crippen molar-refractivity contribution in [2.24, 2.45) is 0 Å². The maximum absolute atomic E-state index is 12.3. The molecule has 3 fully saturated rings. The topological polar surface area (TPSA) is 71.1 Å². The fourth-order valence-electron chi connectivity index (χ4n) is 3.66. The summed E-state index contributed by atoms with van der Waals surface area (Å²) in [5.41, 5.74) is 0.799. The molecule has 0 aromatic heterocycles. The molecule has 0 radical (unpaired) electrons. The number of morpholine rings is 1. The number of aliphatic hydroxyl groups excluding tert-OH is 1. The van der Waals surface area contributed by atoms with E-state index in [2.05, 4.69) is 5.32 Å². The predicted molar refractivity (Wildman–Crippen MR) is 74.8 cm³/mol. The second kappa shape index (κ2) is 5.09. The Morgan fingerprint density at radius 2 is 1.95 bits per heavy atom. The second-order valence-electron chi connectivity index (χ2n) is 6.12. The van der Waals surface area contributed by atoms with Crippen molar-refractivity contribution in [1.82, 2.24) is 5.32 Å². The van der Waals surface area contributed by atoms with Gasteiger partial charge in [-0.1, -0.05) is 30.3 Å². The van der Waals surface area contributed by atoms with Crippen LogP contribution in [0.3, 0.4) is 0 Å². The number of hydrogen-bond donors (Lipinski definition) is 2. The minimum absolute atomic E-state index is 0.0667. The van der Waals surface area contributed by atoms with Crippen molar-refractivity contribution < 1.29 is 19.4 Å². The molecule has 5 heteroatoms. The van der Waals surface area contributed by atoms with E-state index in [4.69, 9.17) is 9.47 Å². The van der Waals surface area contributed by atoms with Crippen LogP contribution in [-0.4, -0.2) is 48.1 Å². The van der Waals surface area contributed by atoms with Crippen LogP contribution in [0.5, 0.6) is 0 Å². The normalized spacial score (nSPS) is 37.7. The van der Waals surface area contributed by atoms with Crippen LogP contribution in [0, 0.1) is 0 Å². The van der Waals surface area contributed by atoms with Crippen LogP contribution in [0.15, 0.2) is 30.3 Å². The Hall–Kier alpha value is -1.43. The highest BCUT2D eigenvalue weighted by atomic mass is 16.6. The zero-order valence-corrected chi connectivity index (χ0v) is 11.6. The van der Waals surface area contributed by atoms with Gasteiger partial charge in [0.05, 0.1) is 6.61 Å². The molecule has 1 aromatic carbocycles. The molecule has 3 heterocycles. The lowest BCUT2D eigenvalue weighted by molar-refractivity contribution is -0.154. The number of carbonyl (C=O) groups is 1. The Morgan fingerprint density at radius 1 is 1.29 bits per heavy atom. The summed E-state index contributed by atoms with van der Waals surface area (Å²) in [6, 6.07) is 9.93. The average Bonchev–Trinajstić information content (AvgIpc) is 3.25. The van der Waals surface area contributed by atoms with E-state index >= 15 is 0 Å². The van der Waals surface area contributed by atoms with Gasteiger partial charge in [-0.3, -0.25) is 4.79 Å². The summed E-state index contributed by atoms with van der Waals surface area (Å²) in [5, 5.41) is 13.0. The summed E-state index contributed by atoms with van der Waals surface area (Å²) in [5.74, 6) is -0.922. The van der Waals surface area contributed by atoms with Gasteiger partial charge in [-0.25, -0.2) is 0 Å². The molecule has 3 aliphatic rings. The summed E-state index contributed by atoms with van der Waals surface area (Å²) in [7, 11) is 0. The molecule has 0 amide bonds. The van der Waals surface area contributed by atoms with E-state index < -0.39 is 5.92 Å². The highest BCUT2D eigenvalue weighted by Crippen LogP contribution is 2.42. The number of carbonyl (C=O) groups excluding carboxylic acids is 1. The van der Waals surface area contributed by atoms with Crippen LogP contribution < -0.4 is 5.32 Å². The van der Waals surface area contributed by atoms with Gasteiger partial charge >= 0.3 is 5.97 Å². The molecule has 4 rings (SSSR count). The number of piperidine rings is 1. The van der Waals surface area contributed by atoms with Crippen molar-refractivity contribution >= 4 is 5.97 Å². The van der Waals surface area contributed by atoms with E-state index in [0.717, 1.165) is 18.4 Å². The maximum atomic E-state index is 12.3. The maximum Gasteiger partial charge on any atom is 0.316 e. The molecule has 3 aliphatic heterocycles. The number of ether oxygens (including phenoxy) is 2. The summed E-state index contributed by atoms with van der Waals surface area (Å²) in [6.45, 7) is -0.227. The first-order chi connectivity index (χ1) is 10.3. The third-order valence-electron chi connectivity index (χ3n) is 4.77. The van der Waals surface area contributed by atoms with Gasteiger partial charge in [-0.05, 0) is 5.56 Å². The molecular formula is C16H19NO4. The largest absolute Gasteiger partial charge is 0.462 e. The summed E-state index contributed by atoms with van der Waals surface area (Å²) in [4.78, 5) is 12.3. The second-order valence-corrected chi connectivity index (χ2v) is 6.12. The number of nitrogens with one attached hydrogen (secondary N) is 1. The Balaban J connectivity index is 1.41. The van der Waals surface area contributed by atoms with Gasteiger partial charge in [0.1, 0.15) is 24.2 Å². The van der Waals surface area contributed by atoms with Gasteiger partial charge in [0.15, 0.2) is 0 Å². The third kappa shape index (κ3) is 2.35. The standard InChI is InChI=1S/C16H19NO4/c18-8-11(9-4-2-1-3-5-9)16(19)20-10-6-12-14-15(21-14)13(7-10)17-12/h1-5,10-15,17-18H,6-8H2/t11-,12-,13-,14+,15+/m1/s1. The Morgan fingerprint density at radius 3 is 2.57 bits per heavy atom. The minimum atomic E-state index is -0.593. The van der Waals surface area contributed by atoms with Gasteiger partial charge in [0, 0.05) is 24.9 Å². The van der Waals surface area contributed by atoms with Crippen molar-refractivity contribution in [2.45, 2.75) is 49.2 Å². The smallest absolute Gasteiger partial charge is 0.316 e. The van der Waals surface area contributed by atoms with Crippen molar-refractivity contribution in [3.63, 3.8) is 0 Å². The number of aliphatic hydroxyl groups is 1. The summed E-state index contributed by atoms with van der Waals surface area (Å²) < 4.78 is 11.2. The molecule has 0 spiro atoms. The highest BCUT2D eigenvalue weighted by molar-refractivity contribution is 5.78. The fourth-order valence-corrected chi connectivity index (χ4v) is 3.66. The van der Waals surface area contributed by atoms with Crippen molar-refractivity contribution in [3.05, 3.63) is 35.9 Å². The van der Waals surface area contributed by atoms with Gasteiger partial charge in [-0.15, -0.1) is 0 Å². The third-order valence-corrected chi connectivity index (χ3v) is 4.77. The van der Waals surface area contributed by atoms with Gasteiger partial charge in [0.25, 0.3) is 0 Å². The van der Waals surface area contributed by atoms with Gasteiger partial charge in [0.2, 0.25) is 0 Å². The van der Waals surface area contributed by atoms with Crippen LogP contribution in [0.2, 0.25) is 0 Å². The van der Waals surface area contributed by atoms with E-state index in [1.54, 1.807) is 0 Å². The van der Waals surface area contributed by atoms with Crippen molar-refractivity contribution in [1.29, 1.82) is 0 Å². The number of fused-ring (bicyclic) bond motifs is 5. The summed E-state index contributed by atoms with van der Waals surface area (Å²) in [6.07, 6.45) is 2.18. The lowest BCUT2D eigenvalue weighted by Crippen LogP contribution is -2.47. The molecule has 2 N–H and O–H groups in total. The molecule has 2 bridgehead atoms. The van der Waals surface area contributed by atoms with E-state index in [9.17, 15) is 9.90 Å². The number of esters is 1. The highest BCUT2D eigenvalue weighted by Gasteiger charge is 2.59. The van der Waals surface area contributed by atoms with Crippen LogP contribution in [0.25, 0.3) is 0 Å². The van der Waals surface area contributed by atoms with Crippen LogP contribution in [0.1, 0.15) is 24.3 Å². The number of epoxide rings is 1. The fraction of sp³-hybridized carbons (Fsp3) is 0.562. The van der Waals surface area contributed by atoms with Crippen LogP contribution >= 0.6 is 0 Å². The SMILES string of the molecule is O=C(OC1C[C@H]2N[C@H](C1)[C@@H]1O[C@H]12)[C@H](CO)c1ccccc1. The van der Waals surface area contributed by atoms with Crippen molar-refractivity contribution in [3.8, 4) is 0 Å².